The predicted molar refractivity (Wildman–Crippen MR) is 85.2 cm³/mol. The first-order chi connectivity index (χ1) is 10.1. The second kappa shape index (κ2) is 9.72. The third-order valence-electron chi connectivity index (χ3n) is 2.75. The number of hydroxylamine groups is 1. The van der Waals surface area contributed by atoms with Crippen molar-refractivity contribution < 1.29 is 9.94 Å². The van der Waals surface area contributed by atoms with Crippen molar-refractivity contribution in [3.8, 4) is 5.88 Å². The summed E-state index contributed by atoms with van der Waals surface area (Å²) < 4.78 is 5.54. The van der Waals surface area contributed by atoms with E-state index in [2.05, 4.69) is 42.9 Å². The fourth-order valence-electron chi connectivity index (χ4n) is 1.60. The van der Waals surface area contributed by atoms with Gasteiger partial charge in [-0.3, -0.25) is 10.7 Å². The molecule has 5 heteroatoms. The maximum Gasteiger partial charge on any atom is 0.213 e. The molecule has 0 saturated heterocycles. The van der Waals surface area contributed by atoms with Gasteiger partial charge in [-0.15, -0.1) is 0 Å². The Bertz CT molecular complexity index is 501. The summed E-state index contributed by atoms with van der Waals surface area (Å²) in [7, 11) is 0. The van der Waals surface area contributed by atoms with Crippen LogP contribution in [-0.4, -0.2) is 23.1 Å². The molecule has 0 fully saturated rings. The molecule has 21 heavy (non-hydrogen) atoms. The van der Waals surface area contributed by atoms with Crippen LogP contribution in [0.2, 0.25) is 0 Å². The first-order valence-corrected chi connectivity index (χ1v) is 6.92. The molecule has 0 bridgehead atoms. The summed E-state index contributed by atoms with van der Waals surface area (Å²) in [5.41, 5.74) is 5.13. The van der Waals surface area contributed by atoms with Gasteiger partial charge in [0.25, 0.3) is 0 Å². The second-order valence-electron chi connectivity index (χ2n) is 4.92. The summed E-state index contributed by atoms with van der Waals surface area (Å²) in [5.74, 6) is 0.555. The maximum atomic E-state index is 8.39. The van der Waals surface area contributed by atoms with Gasteiger partial charge in [-0.05, 0) is 45.8 Å². The van der Waals surface area contributed by atoms with Crippen molar-refractivity contribution in [3.05, 3.63) is 41.6 Å². The quantitative estimate of drug-likeness (QED) is 0.331. The highest BCUT2D eigenvalue weighted by molar-refractivity contribution is 5.59. The van der Waals surface area contributed by atoms with Crippen LogP contribution in [0.25, 0.3) is 0 Å². The molecule has 0 atom stereocenters. The van der Waals surface area contributed by atoms with Gasteiger partial charge in [0.05, 0.1) is 11.9 Å². The van der Waals surface area contributed by atoms with E-state index in [9.17, 15) is 0 Å². The zero-order chi connectivity index (χ0) is 15.5. The molecule has 0 aromatic carbocycles. The molecule has 1 aromatic heterocycles. The van der Waals surface area contributed by atoms with E-state index < -0.39 is 0 Å². The molecular formula is C16H23N3O2. The standard InChI is InChI=1S/C16H23N3O2/c1-13(2)5-4-6-14(3)9-10-21-16-8-7-15(11-17-16)18-12-19-20/h5,7-9,11-12,20H,4,6,10H2,1-3H3,(H,18,19). The maximum absolute atomic E-state index is 8.39. The van der Waals surface area contributed by atoms with Crippen molar-refractivity contribution >= 4 is 12.0 Å². The highest BCUT2D eigenvalue weighted by atomic mass is 16.5. The molecule has 1 rings (SSSR count). The molecule has 0 unspecified atom stereocenters. The molecule has 0 aliphatic heterocycles. The van der Waals surface area contributed by atoms with Crippen LogP contribution in [-0.2, 0) is 0 Å². The lowest BCUT2D eigenvalue weighted by atomic mass is 10.1. The summed E-state index contributed by atoms with van der Waals surface area (Å²) in [4.78, 5) is 8.03. The van der Waals surface area contributed by atoms with Crippen molar-refractivity contribution in [2.24, 2.45) is 4.99 Å². The Morgan fingerprint density at radius 2 is 2.14 bits per heavy atom. The van der Waals surface area contributed by atoms with Gasteiger partial charge in [0.1, 0.15) is 12.9 Å². The first kappa shape index (κ1) is 16.9. The van der Waals surface area contributed by atoms with Gasteiger partial charge in [-0.2, -0.15) is 0 Å². The fourth-order valence-corrected chi connectivity index (χ4v) is 1.60. The number of ether oxygens (including phenoxy) is 1. The molecule has 0 saturated carbocycles. The fraction of sp³-hybridized carbons (Fsp3) is 0.375. The molecule has 114 valence electrons. The van der Waals surface area contributed by atoms with Crippen molar-refractivity contribution in [1.29, 1.82) is 0 Å². The Morgan fingerprint density at radius 3 is 2.76 bits per heavy atom. The van der Waals surface area contributed by atoms with Crippen molar-refractivity contribution in [2.45, 2.75) is 33.6 Å². The normalized spacial score (nSPS) is 11.5. The monoisotopic (exact) mass is 289 g/mol. The number of hydrogen-bond donors (Lipinski definition) is 2. The molecule has 0 radical (unpaired) electrons. The third-order valence-corrected chi connectivity index (χ3v) is 2.75. The zero-order valence-electron chi connectivity index (χ0n) is 12.8. The zero-order valence-corrected chi connectivity index (χ0v) is 12.8. The van der Waals surface area contributed by atoms with E-state index in [1.165, 1.54) is 17.5 Å². The number of rotatable bonds is 8. The van der Waals surface area contributed by atoms with Gasteiger partial charge in [0.2, 0.25) is 5.88 Å². The molecule has 0 spiro atoms. The third kappa shape index (κ3) is 7.89. The van der Waals surface area contributed by atoms with Crippen molar-refractivity contribution in [3.63, 3.8) is 0 Å². The van der Waals surface area contributed by atoms with Crippen LogP contribution in [0.15, 0.2) is 46.6 Å². The smallest absolute Gasteiger partial charge is 0.213 e. The van der Waals surface area contributed by atoms with E-state index in [4.69, 9.17) is 9.94 Å². The van der Waals surface area contributed by atoms with Gasteiger partial charge in [-0.25, -0.2) is 9.98 Å². The number of aromatic nitrogens is 1. The summed E-state index contributed by atoms with van der Waals surface area (Å²) in [5, 5.41) is 8.39. The van der Waals surface area contributed by atoms with E-state index in [0.29, 0.717) is 18.2 Å². The molecule has 0 amide bonds. The summed E-state index contributed by atoms with van der Waals surface area (Å²) in [6.45, 7) is 6.83. The minimum absolute atomic E-state index is 0.508. The second-order valence-corrected chi connectivity index (χ2v) is 4.92. The van der Waals surface area contributed by atoms with E-state index in [0.717, 1.165) is 12.8 Å². The largest absolute Gasteiger partial charge is 0.473 e. The molecule has 1 heterocycles. The SMILES string of the molecule is CC(C)=CCCC(C)=CCOc1ccc(N=CNO)cn1. The van der Waals surface area contributed by atoms with Crippen LogP contribution in [0.1, 0.15) is 33.6 Å². The molecule has 5 nitrogen and oxygen atoms in total. The summed E-state index contributed by atoms with van der Waals surface area (Å²) in [6, 6.07) is 3.51. The van der Waals surface area contributed by atoms with E-state index in [1.807, 2.05) is 5.48 Å². The van der Waals surface area contributed by atoms with Crippen LogP contribution in [0.5, 0.6) is 5.88 Å². The number of nitrogens with one attached hydrogen (secondary N) is 1. The van der Waals surface area contributed by atoms with Crippen LogP contribution in [0.3, 0.4) is 0 Å². The van der Waals surface area contributed by atoms with Gasteiger partial charge in [0.15, 0.2) is 0 Å². The Kier molecular flexibility index (Phi) is 7.82. The highest BCUT2D eigenvalue weighted by Crippen LogP contribution is 2.14. The number of pyridine rings is 1. The Hall–Kier alpha value is -2.14. The van der Waals surface area contributed by atoms with Crippen LogP contribution >= 0.6 is 0 Å². The average Bonchev–Trinajstić information content (AvgIpc) is 2.46. The van der Waals surface area contributed by atoms with Gasteiger partial charge in [0, 0.05) is 6.07 Å². The summed E-state index contributed by atoms with van der Waals surface area (Å²) >= 11 is 0. The minimum atomic E-state index is 0.508. The Morgan fingerprint density at radius 1 is 1.33 bits per heavy atom. The summed E-state index contributed by atoms with van der Waals surface area (Å²) in [6.07, 6.45) is 9.17. The van der Waals surface area contributed by atoms with Gasteiger partial charge >= 0.3 is 0 Å². The number of nitrogens with zero attached hydrogens (tertiary/aromatic N) is 2. The van der Waals surface area contributed by atoms with Gasteiger partial charge < -0.3 is 4.74 Å². The topological polar surface area (TPSA) is 66.7 Å². The van der Waals surface area contributed by atoms with E-state index in [1.54, 1.807) is 18.3 Å². The van der Waals surface area contributed by atoms with Crippen molar-refractivity contribution in [1.82, 2.24) is 10.5 Å². The molecular weight excluding hydrogens is 266 g/mol. The van der Waals surface area contributed by atoms with Crippen LogP contribution in [0.4, 0.5) is 5.69 Å². The lowest BCUT2D eigenvalue weighted by Gasteiger charge is -2.03. The van der Waals surface area contributed by atoms with Crippen molar-refractivity contribution in [2.75, 3.05) is 6.61 Å². The van der Waals surface area contributed by atoms with Gasteiger partial charge in [-0.1, -0.05) is 17.2 Å². The molecule has 2 N–H and O–H groups in total. The molecule has 0 aliphatic rings. The Balaban J connectivity index is 2.37. The van der Waals surface area contributed by atoms with Crippen LogP contribution < -0.4 is 10.2 Å². The highest BCUT2D eigenvalue weighted by Gasteiger charge is 1.95. The first-order valence-electron chi connectivity index (χ1n) is 6.92. The molecule has 0 aliphatic carbocycles. The number of aliphatic imine (C=N–C) groups is 1. The Labute approximate surface area is 126 Å². The molecule has 1 aromatic rings. The number of hydrogen-bond acceptors (Lipinski definition) is 4. The minimum Gasteiger partial charge on any atom is -0.473 e. The lowest BCUT2D eigenvalue weighted by Crippen LogP contribution is -2.01. The van der Waals surface area contributed by atoms with E-state index in [-0.39, 0.29) is 0 Å². The lowest BCUT2D eigenvalue weighted by molar-refractivity contribution is 0.240. The average molecular weight is 289 g/mol. The number of allylic oxidation sites excluding steroid dienone is 3. The predicted octanol–water partition coefficient (Wildman–Crippen LogP) is 3.79. The van der Waals surface area contributed by atoms with Crippen LogP contribution in [0, 0.1) is 0 Å². The van der Waals surface area contributed by atoms with E-state index >= 15 is 0 Å².